The molecule has 7 nitrogen and oxygen atoms in total. The van der Waals surface area contributed by atoms with Gasteiger partial charge in [0.25, 0.3) is 5.91 Å². The van der Waals surface area contributed by atoms with Crippen LogP contribution in [0.4, 0.5) is 0 Å². The van der Waals surface area contributed by atoms with Crippen molar-refractivity contribution in [2.75, 3.05) is 13.1 Å². The highest BCUT2D eigenvalue weighted by Crippen LogP contribution is 2.20. The molecule has 1 aliphatic rings. The Balaban J connectivity index is 2.13. The van der Waals surface area contributed by atoms with Gasteiger partial charge in [-0.05, 0) is 44.0 Å². The van der Waals surface area contributed by atoms with Crippen LogP contribution >= 0.6 is 0 Å². The molecule has 8 heteroatoms. The van der Waals surface area contributed by atoms with Crippen LogP contribution in [0.2, 0.25) is 0 Å². The van der Waals surface area contributed by atoms with Gasteiger partial charge in [-0.25, -0.2) is 8.42 Å². The van der Waals surface area contributed by atoms with E-state index in [1.54, 1.807) is 0 Å². The Bertz CT molecular complexity index is 692. The zero-order chi connectivity index (χ0) is 17.7. The van der Waals surface area contributed by atoms with Crippen LogP contribution in [-0.4, -0.2) is 48.8 Å². The second-order valence-corrected chi connectivity index (χ2v) is 7.81. The third-order valence-corrected chi connectivity index (χ3v) is 5.95. The Morgan fingerprint density at radius 2 is 1.62 bits per heavy atom. The van der Waals surface area contributed by atoms with Gasteiger partial charge < -0.3 is 10.4 Å². The number of nitrogens with zero attached hydrogens (tertiary/aromatic N) is 1. The molecule has 1 aromatic carbocycles. The van der Waals surface area contributed by atoms with E-state index in [-0.39, 0.29) is 10.5 Å². The molecule has 0 aromatic heterocycles. The van der Waals surface area contributed by atoms with Gasteiger partial charge in [-0.15, -0.1) is 0 Å². The molecular formula is C16H22N2O5S. The lowest BCUT2D eigenvalue weighted by molar-refractivity contribution is -0.138. The zero-order valence-electron chi connectivity index (χ0n) is 13.6. The van der Waals surface area contributed by atoms with Gasteiger partial charge in [0.15, 0.2) is 0 Å². The summed E-state index contributed by atoms with van der Waals surface area (Å²) in [6.45, 7) is 2.39. The molecule has 2 rings (SSSR count). The monoisotopic (exact) mass is 354 g/mol. The molecule has 1 aliphatic heterocycles. The minimum absolute atomic E-state index is 0.146. The summed E-state index contributed by atoms with van der Waals surface area (Å²) in [7, 11) is -3.56. The number of benzene rings is 1. The van der Waals surface area contributed by atoms with Crippen LogP contribution in [0.5, 0.6) is 0 Å². The second-order valence-electron chi connectivity index (χ2n) is 5.88. The molecule has 24 heavy (non-hydrogen) atoms. The molecule has 0 unspecified atom stereocenters. The SMILES string of the molecule is C[C@H](NC(=O)c1ccc(S(=O)(=O)N2CCCCCC2)cc1)C(=O)O. The largest absolute Gasteiger partial charge is 0.480 e. The fourth-order valence-corrected chi connectivity index (χ4v) is 4.07. The number of carboxylic acids is 1. The van der Waals surface area contributed by atoms with Crippen molar-refractivity contribution in [2.24, 2.45) is 0 Å². The fourth-order valence-electron chi connectivity index (χ4n) is 2.55. The maximum Gasteiger partial charge on any atom is 0.325 e. The van der Waals surface area contributed by atoms with Gasteiger partial charge in [-0.3, -0.25) is 9.59 Å². The number of hydrogen-bond donors (Lipinski definition) is 2. The molecule has 1 fully saturated rings. The van der Waals surface area contributed by atoms with Crippen LogP contribution in [0.25, 0.3) is 0 Å². The topological polar surface area (TPSA) is 104 Å². The molecule has 0 bridgehead atoms. The van der Waals surface area contributed by atoms with E-state index in [4.69, 9.17) is 5.11 Å². The van der Waals surface area contributed by atoms with Crippen molar-refractivity contribution >= 4 is 21.9 Å². The maximum atomic E-state index is 12.6. The van der Waals surface area contributed by atoms with Gasteiger partial charge in [0.05, 0.1) is 4.90 Å². The highest BCUT2D eigenvalue weighted by Gasteiger charge is 2.25. The molecule has 0 spiro atoms. The Morgan fingerprint density at radius 3 is 2.12 bits per heavy atom. The molecule has 1 heterocycles. The van der Waals surface area contributed by atoms with E-state index in [0.29, 0.717) is 13.1 Å². The van der Waals surface area contributed by atoms with Crippen molar-refractivity contribution in [3.63, 3.8) is 0 Å². The summed E-state index contributed by atoms with van der Waals surface area (Å²) in [4.78, 5) is 22.8. The first kappa shape index (κ1) is 18.4. The maximum absolute atomic E-state index is 12.6. The van der Waals surface area contributed by atoms with Crippen molar-refractivity contribution in [3.8, 4) is 0 Å². The summed E-state index contributed by atoms with van der Waals surface area (Å²) >= 11 is 0. The second kappa shape index (κ2) is 7.76. The first-order valence-electron chi connectivity index (χ1n) is 7.96. The highest BCUT2D eigenvalue weighted by atomic mass is 32.2. The standard InChI is InChI=1S/C16H22N2O5S/c1-12(16(20)21)17-15(19)13-6-8-14(9-7-13)24(22,23)18-10-4-2-3-5-11-18/h6-9,12H,2-5,10-11H2,1H3,(H,17,19)(H,20,21)/t12-/m0/s1. The van der Waals surface area contributed by atoms with Crippen molar-refractivity contribution < 1.29 is 23.1 Å². The van der Waals surface area contributed by atoms with Gasteiger partial charge in [0.1, 0.15) is 6.04 Å². The predicted molar refractivity (Wildman–Crippen MR) is 88.2 cm³/mol. The number of nitrogens with one attached hydrogen (secondary N) is 1. The first-order valence-corrected chi connectivity index (χ1v) is 9.40. The summed E-state index contributed by atoms with van der Waals surface area (Å²) in [6, 6.07) is 4.56. The van der Waals surface area contributed by atoms with Crippen LogP contribution in [0, 0.1) is 0 Å². The van der Waals surface area contributed by atoms with E-state index in [0.717, 1.165) is 25.7 Å². The number of hydrogen-bond acceptors (Lipinski definition) is 4. The van der Waals surface area contributed by atoms with Gasteiger partial charge >= 0.3 is 5.97 Å². The lowest BCUT2D eigenvalue weighted by atomic mass is 10.2. The highest BCUT2D eigenvalue weighted by molar-refractivity contribution is 7.89. The number of aliphatic carboxylic acids is 1. The number of carboxylic acid groups (broad SMARTS) is 1. The van der Waals surface area contributed by atoms with Gasteiger partial charge in [0, 0.05) is 18.7 Å². The van der Waals surface area contributed by atoms with Gasteiger partial charge in [-0.2, -0.15) is 4.31 Å². The van der Waals surface area contributed by atoms with Crippen LogP contribution in [0.1, 0.15) is 43.0 Å². The molecule has 1 saturated heterocycles. The quantitative estimate of drug-likeness (QED) is 0.833. The fraction of sp³-hybridized carbons (Fsp3) is 0.500. The van der Waals surface area contributed by atoms with E-state index in [9.17, 15) is 18.0 Å². The average molecular weight is 354 g/mol. The number of rotatable bonds is 5. The van der Waals surface area contributed by atoms with Gasteiger partial charge in [0.2, 0.25) is 10.0 Å². The van der Waals surface area contributed by atoms with Crippen molar-refractivity contribution in [1.82, 2.24) is 9.62 Å². The molecule has 0 radical (unpaired) electrons. The smallest absolute Gasteiger partial charge is 0.325 e. The van der Waals surface area contributed by atoms with Crippen LogP contribution < -0.4 is 5.32 Å². The summed E-state index contributed by atoms with van der Waals surface area (Å²) < 4.78 is 26.8. The summed E-state index contributed by atoms with van der Waals surface area (Å²) in [5.41, 5.74) is 0.220. The molecule has 2 N–H and O–H groups in total. The summed E-state index contributed by atoms with van der Waals surface area (Å²) in [5, 5.41) is 11.1. The Hall–Kier alpha value is -1.93. The van der Waals surface area contributed by atoms with E-state index < -0.39 is 27.9 Å². The Labute approximate surface area is 141 Å². The summed E-state index contributed by atoms with van der Waals surface area (Å²) in [6.07, 6.45) is 3.78. The molecule has 0 saturated carbocycles. The minimum atomic E-state index is -3.56. The van der Waals surface area contributed by atoms with Gasteiger partial charge in [-0.1, -0.05) is 12.8 Å². The van der Waals surface area contributed by atoms with Crippen molar-refractivity contribution in [3.05, 3.63) is 29.8 Å². The number of sulfonamides is 1. The Kier molecular flexibility index (Phi) is 5.95. The Morgan fingerprint density at radius 1 is 1.08 bits per heavy atom. The molecule has 1 aromatic rings. The third kappa shape index (κ3) is 4.33. The lowest BCUT2D eigenvalue weighted by Crippen LogP contribution is -2.38. The van der Waals surface area contributed by atoms with E-state index in [2.05, 4.69) is 5.32 Å². The molecular weight excluding hydrogens is 332 g/mol. The zero-order valence-corrected chi connectivity index (χ0v) is 14.4. The number of amides is 1. The predicted octanol–water partition coefficient (Wildman–Crippen LogP) is 1.45. The van der Waals surface area contributed by atoms with E-state index in [1.807, 2.05) is 0 Å². The van der Waals surface area contributed by atoms with Crippen LogP contribution in [-0.2, 0) is 14.8 Å². The minimum Gasteiger partial charge on any atom is -0.480 e. The normalized spacial score (nSPS) is 17.7. The van der Waals surface area contributed by atoms with E-state index in [1.165, 1.54) is 35.5 Å². The van der Waals surface area contributed by atoms with Crippen LogP contribution in [0.3, 0.4) is 0 Å². The van der Waals surface area contributed by atoms with E-state index >= 15 is 0 Å². The molecule has 0 aliphatic carbocycles. The van der Waals surface area contributed by atoms with Crippen molar-refractivity contribution in [1.29, 1.82) is 0 Å². The number of carbonyl (C=O) groups is 2. The first-order chi connectivity index (χ1) is 11.3. The molecule has 1 atom stereocenters. The van der Waals surface area contributed by atoms with Crippen LogP contribution in [0.15, 0.2) is 29.2 Å². The average Bonchev–Trinajstić information content (AvgIpc) is 2.84. The summed E-state index contributed by atoms with van der Waals surface area (Å²) in [5.74, 6) is -1.69. The lowest BCUT2D eigenvalue weighted by Gasteiger charge is -2.20. The van der Waals surface area contributed by atoms with Crippen molar-refractivity contribution in [2.45, 2.75) is 43.5 Å². The molecule has 1 amide bonds. The molecule has 132 valence electrons. The third-order valence-electron chi connectivity index (χ3n) is 4.04. The number of carbonyl (C=O) groups excluding carboxylic acids is 1.